The van der Waals surface area contributed by atoms with Crippen molar-refractivity contribution in [2.24, 2.45) is 0 Å². The second kappa shape index (κ2) is 5.54. The minimum atomic E-state index is -1.07. The van der Waals surface area contributed by atoms with Gasteiger partial charge in [-0.25, -0.2) is 18.1 Å². The summed E-state index contributed by atoms with van der Waals surface area (Å²) in [5, 5.41) is 3.82. The molecule has 0 saturated heterocycles. The lowest BCUT2D eigenvalue weighted by atomic mass is 10.0. The number of esters is 1. The first-order chi connectivity index (χ1) is 9.51. The summed E-state index contributed by atoms with van der Waals surface area (Å²) in [7, 11) is 1.41. The molecule has 0 fully saturated rings. The number of methoxy groups -OCH3 is 1. The number of carbonyl (C=O) groups excluding carboxylic acids is 1. The molecule has 0 amide bonds. The average Bonchev–Trinajstić information content (AvgIpc) is 2.73. The Hall–Kier alpha value is -2.02. The molecule has 0 bridgehead atoms. The van der Waals surface area contributed by atoms with Gasteiger partial charge in [-0.2, -0.15) is 5.10 Å². The second-order valence-corrected chi connectivity index (χ2v) is 4.15. The summed E-state index contributed by atoms with van der Waals surface area (Å²) in [5.41, 5.74) is 0.149. The van der Waals surface area contributed by atoms with Crippen LogP contribution in [0.1, 0.15) is 35.9 Å². The molecule has 5 nitrogen and oxygen atoms in total. The maximum absolute atomic E-state index is 13.9. The second-order valence-electron chi connectivity index (χ2n) is 4.15. The molecule has 0 spiro atoms. The van der Waals surface area contributed by atoms with E-state index in [2.05, 4.69) is 5.10 Å². The third kappa shape index (κ3) is 2.24. The fourth-order valence-corrected chi connectivity index (χ4v) is 1.99. The predicted octanol–water partition coefficient (Wildman–Crippen LogP) is 2.50. The highest BCUT2D eigenvalue weighted by Crippen LogP contribution is 2.29. The molecule has 7 heteroatoms. The van der Waals surface area contributed by atoms with Crippen LogP contribution in [0.25, 0.3) is 5.52 Å². The number of halogens is 2. The summed E-state index contributed by atoms with van der Waals surface area (Å²) in [4.78, 5) is 11.9. The molecule has 0 aromatic carbocycles. The van der Waals surface area contributed by atoms with E-state index in [1.807, 2.05) is 0 Å². The predicted molar refractivity (Wildman–Crippen MR) is 66.5 cm³/mol. The van der Waals surface area contributed by atoms with E-state index in [0.29, 0.717) is 0 Å². The maximum Gasteiger partial charge on any atom is 0.340 e. The van der Waals surface area contributed by atoms with Crippen LogP contribution in [0.3, 0.4) is 0 Å². The molecule has 0 unspecified atom stereocenters. The maximum atomic E-state index is 13.9. The normalized spacial score (nSPS) is 12.7. The largest absolute Gasteiger partial charge is 0.462 e. The lowest BCUT2D eigenvalue weighted by Gasteiger charge is -2.15. The first kappa shape index (κ1) is 14.4. The molecule has 2 rings (SSSR count). The number of hydrogen-bond donors (Lipinski definition) is 0. The van der Waals surface area contributed by atoms with Crippen LogP contribution >= 0.6 is 0 Å². The van der Waals surface area contributed by atoms with Crippen LogP contribution < -0.4 is 0 Å². The summed E-state index contributed by atoms with van der Waals surface area (Å²) in [5.74, 6) is -2.76. The van der Waals surface area contributed by atoms with Crippen molar-refractivity contribution in [3.63, 3.8) is 0 Å². The van der Waals surface area contributed by atoms with Gasteiger partial charge in [0.1, 0.15) is 5.52 Å². The molecule has 2 aromatic rings. The minimum Gasteiger partial charge on any atom is -0.462 e. The van der Waals surface area contributed by atoms with Gasteiger partial charge in [0.25, 0.3) is 0 Å². The SMILES string of the molecule is CCOC(=O)c1cnn2cc(F)c(F)c2c1[C@H](C)OC. The lowest BCUT2D eigenvalue weighted by Crippen LogP contribution is -2.14. The van der Waals surface area contributed by atoms with Crippen LogP contribution in [-0.2, 0) is 9.47 Å². The topological polar surface area (TPSA) is 52.8 Å². The Morgan fingerprint density at radius 2 is 2.20 bits per heavy atom. The smallest absolute Gasteiger partial charge is 0.340 e. The van der Waals surface area contributed by atoms with Crippen molar-refractivity contribution < 1.29 is 23.0 Å². The molecule has 0 aliphatic heterocycles. The van der Waals surface area contributed by atoms with E-state index in [0.717, 1.165) is 10.7 Å². The molecule has 0 saturated carbocycles. The highest BCUT2D eigenvalue weighted by atomic mass is 19.2. The van der Waals surface area contributed by atoms with Crippen molar-refractivity contribution in [2.45, 2.75) is 20.0 Å². The summed E-state index contributed by atoms with van der Waals surface area (Å²) in [6.45, 7) is 3.45. The quantitative estimate of drug-likeness (QED) is 0.809. The van der Waals surface area contributed by atoms with Crippen LogP contribution in [0.2, 0.25) is 0 Å². The van der Waals surface area contributed by atoms with Gasteiger partial charge < -0.3 is 9.47 Å². The zero-order chi connectivity index (χ0) is 14.9. The molecular weight excluding hydrogens is 270 g/mol. The molecule has 2 heterocycles. The Bertz CT molecular complexity index is 655. The molecule has 0 N–H and O–H groups in total. The minimum absolute atomic E-state index is 0.0608. The first-order valence-corrected chi connectivity index (χ1v) is 6.06. The molecule has 2 aromatic heterocycles. The van der Waals surface area contributed by atoms with Crippen molar-refractivity contribution in [1.82, 2.24) is 9.61 Å². The fraction of sp³-hybridized carbons (Fsp3) is 0.385. The van der Waals surface area contributed by atoms with E-state index in [1.54, 1.807) is 13.8 Å². The molecule has 20 heavy (non-hydrogen) atoms. The molecular formula is C13H14F2N2O3. The number of fused-ring (bicyclic) bond motifs is 1. The number of ether oxygens (including phenoxy) is 2. The number of rotatable bonds is 4. The Labute approximate surface area is 114 Å². The third-order valence-electron chi connectivity index (χ3n) is 2.99. The van der Waals surface area contributed by atoms with E-state index in [-0.39, 0.29) is 23.3 Å². The van der Waals surface area contributed by atoms with Crippen molar-refractivity contribution in [3.8, 4) is 0 Å². The van der Waals surface area contributed by atoms with E-state index in [4.69, 9.17) is 9.47 Å². The van der Waals surface area contributed by atoms with Crippen molar-refractivity contribution in [3.05, 3.63) is 35.2 Å². The Balaban J connectivity index is 2.75. The van der Waals surface area contributed by atoms with E-state index in [1.165, 1.54) is 13.3 Å². The Kier molecular flexibility index (Phi) is 3.99. The number of aromatic nitrogens is 2. The van der Waals surface area contributed by atoms with Gasteiger partial charge in [0, 0.05) is 12.7 Å². The van der Waals surface area contributed by atoms with Crippen LogP contribution in [0, 0.1) is 11.6 Å². The van der Waals surface area contributed by atoms with Gasteiger partial charge in [-0.3, -0.25) is 0 Å². The molecule has 0 radical (unpaired) electrons. The van der Waals surface area contributed by atoms with E-state index >= 15 is 0 Å². The third-order valence-corrected chi connectivity index (χ3v) is 2.99. The highest BCUT2D eigenvalue weighted by Gasteiger charge is 2.25. The van der Waals surface area contributed by atoms with E-state index < -0.39 is 23.7 Å². The summed E-state index contributed by atoms with van der Waals surface area (Å²) in [6, 6.07) is 0. The lowest BCUT2D eigenvalue weighted by molar-refractivity contribution is 0.0514. The molecule has 0 aliphatic rings. The summed E-state index contributed by atoms with van der Waals surface area (Å²) < 4.78 is 38.3. The van der Waals surface area contributed by atoms with Crippen LogP contribution in [0.4, 0.5) is 8.78 Å². The Morgan fingerprint density at radius 1 is 1.50 bits per heavy atom. The van der Waals surface area contributed by atoms with Gasteiger partial charge in [0.05, 0.1) is 30.7 Å². The van der Waals surface area contributed by atoms with Crippen molar-refractivity contribution in [2.75, 3.05) is 13.7 Å². The van der Waals surface area contributed by atoms with Crippen LogP contribution in [0.15, 0.2) is 12.4 Å². The zero-order valence-electron chi connectivity index (χ0n) is 11.3. The van der Waals surface area contributed by atoms with Crippen LogP contribution in [-0.4, -0.2) is 29.3 Å². The zero-order valence-corrected chi connectivity index (χ0v) is 11.3. The fourth-order valence-electron chi connectivity index (χ4n) is 1.99. The summed E-state index contributed by atoms with van der Waals surface area (Å²) >= 11 is 0. The van der Waals surface area contributed by atoms with Crippen LogP contribution in [0.5, 0.6) is 0 Å². The average molecular weight is 284 g/mol. The standard InChI is InChI=1S/C13H14F2N2O3/c1-4-20-13(18)8-5-16-17-6-9(14)11(15)12(17)10(8)7(2)19-3/h5-7H,4H2,1-3H3/t7-/m0/s1. The van der Waals surface area contributed by atoms with Gasteiger partial charge in [-0.15, -0.1) is 0 Å². The molecule has 108 valence electrons. The van der Waals surface area contributed by atoms with Gasteiger partial charge in [0.15, 0.2) is 11.6 Å². The summed E-state index contributed by atoms with van der Waals surface area (Å²) in [6.07, 6.45) is 1.50. The van der Waals surface area contributed by atoms with Gasteiger partial charge in [-0.05, 0) is 13.8 Å². The first-order valence-electron chi connectivity index (χ1n) is 6.06. The molecule has 1 atom stereocenters. The number of nitrogens with zero attached hydrogens (tertiary/aromatic N) is 2. The monoisotopic (exact) mass is 284 g/mol. The van der Waals surface area contributed by atoms with Gasteiger partial charge >= 0.3 is 5.97 Å². The highest BCUT2D eigenvalue weighted by molar-refractivity contribution is 5.93. The van der Waals surface area contributed by atoms with E-state index in [9.17, 15) is 13.6 Å². The van der Waals surface area contributed by atoms with Gasteiger partial charge in [0.2, 0.25) is 0 Å². The van der Waals surface area contributed by atoms with Crippen molar-refractivity contribution in [1.29, 1.82) is 0 Å². The van der Waals surface area contributed by atoms with Crippen molar-refractivity contribution >= 4 is 11.5 Å². The number of carbonyl (C=O) groups is 1. The number of hydrogen-bond acceptors (Lipinski definition) is 4. The van der Waals surface area contributed by atoms with Gasteiger partial charge in [-0.1, -0.05) is 0 Å². The Morgan fingerprint density at radius 3 is 2.80 bits per heavy atom. The molecule has 0 aliphatic carbocycles.